The zero-order valence-corrected chi connectivity index (χ0v) is 16.8. The molecular weight excluding hydrogens is 413 g/mol. The molecule has 1 saturated heterocycles. The zero-order valence-electron chi connectivity index (χ0n) is 14.6. The van der Waals surface area contributed by atoms with E-state index in [1.54, 1.807) is 6.92 Å². The summed E-state index contributed by atoms with van der Waals surface area (Å²) in [4.78, 5) is 23.3. The predicted molar refractivity (Wildman–Crippen MR) is 94.6 cm³/mol. The van der Waals surface area contributed by atoms with Crippen molar-refractivity contribution in [1.29, 1.82) is 0 Å². The summed E-state index contributed by atoms with van der Waals surface area (Å²) in [6.07, 6.45) is 1.63. The van der Waals surface area contributed by atoms with Gasteiger partial charge in [0.15, 0.2) is 0 Å². The minimum Gasteiger partial charge on any atom is -0.465 e. The first-order valence-corrected chi connectivity index (χ1v) is 9.20. The second-order valence-electron chi connectivity index (χ2n) is 7.34. The second kappa shape index (κ2) is 8.11. The lowest BCUT2D eigenvalue weighted by atomic mass is 9.80. The van der Waals surface area contributed by atoms with E-state index in [1.165, 1.54) is 5.06 Å². The maximum atomic E-state index is 12.0. The fraction of sp³-hybridized carbons (Fsp3) is 0.875. The molecular formula is C16H28INO5. The maximum Gasteiger partial charge on any atom is 0.318 e. The zero-order chi connectivity index (χ0) is 17.8. The van der Waals surface area contributed by atoms with Gasteiger partial charge in [0.25, 0.3) is 0 Å². The molecule has 0 aliphatic carbocycles. The number of esters is 2. The van der Waals surface area contributed by atoms with Gasteiger partial charge in [-0.2, -0.15) is 5.06 Å². The monoisotopic (exact) mass is 441 g/mol. The van der Waals surface area contributed by atoms with Gasteiger partial charge in [0.1, 0.15) is 10.0 Å². The van der Waals surface area contributed by atoms with Gasteiger partial charge in [0.2, 0.25) is 0 Å². The molecule has 134 valence electrons. The number of ether oxygens (including phenoxy) is 2. The fourth-order valence-electron chi connectivity index (χ4n) is 3.01. The molecule has 1 fully saturated rings. The third kappa shape index (κ3) is 6.19. The van der Waals surface area contributed by atoms with Gasteiger partial charge in [-0.3, -0.25) is 9.59 Å². The molecule has 0 spiro atoms. The van der Waals surface area contributed by atoms with Gasteiger partial charge in [-0.1, -0.05) is 22.6 Å². The molecule has 0 radical (unpaired) electrons. The quantitative estimate of drug-likeness (QED) is 0.296. The van der Waals surface area contributed by atoms with Crippen LogP contribution in [0.1, 0.15) is 60.3 Å². The van der Waals surface area contributed by atoms with Crippen LogP contribution in [0.2, 0.25) is 0 Å². The predicted octanol–water partition coefficient (Wildman–Crippen LogP) is 3.09. The molecule has 0 bridgehead atoms. The number of hydroxylamine groups is 2. The molecule has 0 aromatic heterocycles. The van der Waals surface area contributed by atoms with Crippen molar-refractivity contribution < 1.29 is 24.3 Å². The van der Waals surface area contributed by atoms with Crippen LogP contribution in [0.4, 0.5) is 0 Å². The van der Waals surface area contributed by atoms with Gasteiger partial charge >= 0.3 is 11.9 Å². The topological polar surface area (TPSA) is 76.1 Å². The highest BCUT2D eigenvalue weighted by Gasteiger charge is 2.46. The molecule has 6 nitrogen and oxygen atoms in total. The van der Waals surface area contributed by atoms with Crippen molar-refractivity contribution >= 4 is 34.5 Å². The Balaban J connectivity index is 2.38. The first-order chi connectivity index (χ1) is 10.5. The first kappa shape index (κ1) is 20.6. The number of hydrogen-bond acceptors (Lipinski definition) is 6. The van der Waals surface area contributed by atoms with E-state index in [-0.39, 0.29) is 35.0 Å². The van der Waals surface area contributed by atoms with Crippen LogP contribution >= 0.6 is 22.6 Å². The van der Waals surface area contributed by atoms with Gasteiger partial charge in [0.05, 0.1) is 6.61 Å². The van der Waals surface area contributed by atoms with Crippen molar-refractivity contribution in [3.05, 3.63) is 0 Å². The van der Waals surface area contributed by atoms with Gasteiger partial charge in [-0.15, -0.1) is 0 Å². The van der Waals surface area contributed by atoms with E-state index in [0.717, 1.165) is 0 Å². The minimum atomic E-state index is -0.446. The third-order valence-electron chi connectivity index (χ3n) is 3.99. The summed E-state index contributed by atoms with van der Waals surface area (Å²) in [5, 5.41) is 11.6. The molecule has 0 amide bonds. The first-order valence-electron chi connectivity index (χ1n) is 7.95. The van der Waals surface area contributed by atoms with Crippen LogP contribution in [0.25, 0.3) is 0 Å². The summed E-state index contributed by atoms with van der Waals surface area (Å²) in [7, 11) is 0. The number of halogens is 1. The van der Waals surface area contributed by atoms with Crippen LogP contribution in [0, 0.1) is 0 Å². The Morgan fingerprint density at radius 1 is 1.26 bits per heavy atom. The van der Waals surface area contributed by atoms with E-state index in [4.69, 9.17) is 9.47 Å². The smallest absolute Gasteiger partial charge is 0.318 e. The maximum absolute atomic E-state index is 12.0. The molecule has 1 rings (SSSR count). The summed E-state index contributed by atoms with van der Waals surface area (Å²) in [5.41, 5.74) is -0.892. The Morgan fingerprint density at radius 2 is 1.78 bits per heavy atom. The van der Waals surface area contributed by atoms with Crippen molar-refractivity contribution in [2.24, 2.45) is 0 Å². The molecule has 1 aliphatic heterocycles. The third-order valence-corrected chi connectivity index (χ3v) is 4.50. The van der Waals surface area contributed by atoms with E-state index < -0.39 is 11.1 Å². The molecule has 0 aromatic carbocycles. The molecule has 1 unspecified atom stereocenters. The Labute approximate surface area is 152 Å². The molecule has 23 heavy (non-hydrogen) atoms. The number of rotatable bonds is 6. The number of carbonyl (C=O) groups is 2. The molecule has 1 aliphatic rings. The summed E-state index contributed by atoms with van der Waals surface area (Å²) < 4.78 is 10.4. The van der Waals surface area contributed by atoms with Crippen LogP contribution < -0.4 is 0 Å². The SMILES string of the molecule is CC(I)C(=O)OCCCC(=O)OC1CC(C)(C)N(O)C(C)(C)C1. The molecule has 1 N–H and O–H groups in total. The standard InChI is InChI=1S/C16H28INO5/c1-11(17)14(20)22-8-6-7-13(19)23-12-9-15(2,3)18(21)16(4,5)10-12/h11-12,21H,6-10H2,1-5H3. The number of alkyl halides is 1. The van der Waals surface area contributed by atoms with Crippen LogP contribution in [-0.2, 0) is 19.1 Å². The number of carbonyl (C=O) groups excluding carboxylic acids is 2. The normalized spacial score (nSPS) is 22.4. The average Bonchev–Trinajstić information content (AvgIpc) is 2.39. The summed E-state index contributed by atoms with van der Waals surface area (Å²) in [6, 6.07) is 0. The Hall–Kier alpha value is -0.410. The van der Waals surface area contributed by atoms with Crippen molar-refractivity contribution in [3.63, 3.8) is 0 Å². The summed E-state index contributed by atoms with van der Waals surface area (Å²) in [6.45, 7) is 9.71. The number of nitrogens with zero attached hydrogens (tertiary/aromatic N) is 1. The van der Waals surface area contributed by atoms with Crippen molar-refractivity contribution in [2.45, 2.75) is 81.4 Å². The second-order valence-corrected chi connectivity index (χ2v) is 9.21. The van der Waals surface area contributed by atoms with Crippen molar-refractivity contribution in [2.75, 3.05) is 6.61 Å². The van der Waals surface area contributed by atoms with E-state index in [0.29, 0.717) is 19.3 Å². The largest absolute Gasteiger partial charge is 0.465 e. The van der Waals surface area contributed by atoms with E-state index >= 15 is 0 Å². The minimum absolute atomic E-state index is 0.187. The van der Waals surface area contributed by atoms with Gasteiger partial charge in [-0.05, 0) is 41.0 Å². The molecule has 0 aromatic rings. The Bertz CT molecular complexity index is 418. The molecule has 1 heterocycles. The van der Waals surface area contributed by atoms with Gasteiger partial charge in [0, 0.05) is 30.3 Å². The Morgan fingerprint density at radius 3 is 2.26 bits per heavy atom. The molecule has 0 saturated carbocycles. The van der Waals surface area contributed by atoms with Crippen molar-refractivity contribution in [3.8, 4) is 0 Å². The lowest BCUT2D eigenvalue weighted by molar-refractivity contribution is -0.259. The van der Waals surface area contributed by atoms with Crippen LogP contribution in [-0.4, -0.2) is 49.9 Å². The van der Waals surface area contributed by atoms with Gasteiger partial charge < -0.3 is 14.7 Å². The molecule has 1 atom stereocenters. The van der Waals surface area contributed by atoms with E-state index in [2.05, 4.69) is 0 Å². The van der Waals surface area contributed by atoms with Crippen LogP contribution in [0.5, 0.6) is 0 Å². The highest BCUT2D eigenvalue weighted by Crippen LogP contribution is 2.38. The summed E-state index contributed by atoms with van der Waals surface area (Å²) in [5.74, 6) is -0.552. The van der Waals surface area contributed by atoms with Crippen LogP contribution in [0.3, 0.4) is 0 Å². The highest BCUT2D eigenvalue weighted by atomic mass is 127. The van der Waals surface area contributed by atoms with Crippen molar-refractivity contribution in [1.82, 2.24) is 5.06 Å². The number of piperidine rings is 1. The molecule has 7 heteroatoms. The highest BCUT2D eigenvalue weighted by molar-refractivity contribution is 14.1. The average molecular weight is 441 g/mol. The summed E-state index contributed by atoms with van der Waals surface area (Å²) >= 11 is 1.99. The fourth-order valence-corrected chi connectivity index (χ4v) is 3.19. The van der Waals surface area contributed by atoms with E-state index in [9.17, 15) is 14.8 Å². The van der Waals surface area contributed by atoms with Crippen LogP contribution in [0.15, 0.2) is 0 Å². The Kier molecular flexibility index (Phi) is 7.28. The lowest BCUT2D eigenvalue weighted by Crippen LogP contribution is -2.60. The van der Waals surface area contributed by atoms with Gasteiger partial charge in [-0.25, -0.2) is 0 Å². The lowest BCUT2D eigenvalue weighted by Gasteiger charge is -2.50. The number of hydrogen-bond donors (Lipinski definition) is 1. The van der Waals surface area contributed by atoms with E-state index in [1.807, 2.05) is 50.3 Å².